The van der Waals surface area contributed by atoms with E-state index in [-0.39, 0.29) is 43.3 Å². The van der Waals surface area contributed by atoms with Crippen molar-refractivity contribution in [3.8, 4) is 16.9 Å². The first-order valence-corrected chi connectivity index (χ1v) is 48.0. The lowest BCUT2D eigenvalue weighted by atomic mass is 9.90. The van der Waals surface area contributed by atoms with E-state index in [0.717, 1.165) is 61.1 Å². The first-order valence-electron chi connectivity index (χ1n) is 48.0. The highest BCUT2D eigenvalue weighted by Gasteiger charge is 2.44. The number of nitrogens with zero attached hydrogens (tertiary/aromatic N) is 7. The lowest BCUT2D eigenvalue weighted by Crippen LogP contribution is -2.67. The third-order valence-electron chi connectivity index (χ3n) is 22.6. The first-order chi connectivity index (χ1) is 69.6. The van der Waals surface area contributed by atoms with Gasteiger partial charge in [0.05, 0.1) is 157 Å². The van der Waals surface area contributed by atoms with Gasteiger partial charge in [-0.05, 0) is 130 Å². The van der Waals surface area contributed by atoms with Crippen LogP contribution >= 0.6 is 0 Å². The SMILES string of the molecule is CCC(=O)NCc1ccc(CCC[C@H](NC(=O)[C@H](Cc2ccc(-c3ccc(OCCCCn4cc(COCCOCCOCCOCCOCCOCCOCCOCCN)nn4)cc3CC)cc2)NC(=O)[C@H](CC(=O)O)NC(=O)[C@H](CO)NC(=O)[C@@H](NC(=O)C(C)(Cc2ccccc2F)NC(=O)[C@@H](NC(=O)CNC(=O)[C@H](Cc2nn[nH]n2)NC(=O)C(C)(C)C(=O)NCCc2cnc[nH]2)[C@@H](C)O)[C@@H](C)O)C(N)=O)cc1. The summed E-state index contributed by atoms with van der Waals surface area (Å²) < 4.78 is 67.7. The second kappa shape index (κ2) is 64.4. The Morgan fingerprint density at radius 3 is 1.71 bits per heavy atom. The van der Waals surface area contributed by atoms with Gasteiger partial charge in [-0.15, -0.1) is 15.3 Å². The second-order valence-electron chi connectivity index (χ2n) is 34.5. The van der Waals surface area contributed by atoms with Crippen LogP contribution in [0.15, 0.2) is 110 Å². The number of imidazole rings is 1. The molecule has 0 spiro atoms. The number of amides is 12. The number of benzene rings is 4. The molecule has 1 unspecified atom stereocenters. The number of halogens is 1. The molecule has 0 bridgehead atoms. The number of hydrogen-bond acceptors (Lipinski definition) is 32. The number of primary amides is 1. The number of aliphatic carboxylic acids is 1. The highest BCUT2D eigenvalue weighted by molar-refractivity contribution is 6.06. The van der Waals surface area contributed by atoms with Crippen LogP contribution in [0.4, 0.5) is 4.39 Å². The molecule has 48 nitrogen and oxygen atoms in total. The molecular weight excluding hydrogens is 1900 g/mol. The van der Waals surface area contributed by atoms with Crippen LogP contribution in [-0.4, -0.2) is 335 Å². The fourth-order valence-corrected chi connectivity index (χ4v) is 14.2. The van der Waals surface area contributed by atoms with Crippen LogP contribution in [0.3, 0.4) is 0 Å². The number of nitrogens with two attached hydrogens (primary N) is 2. The molecule has 4 aromatic carbocycles. The molecule has 0 aliphatic carbocycles. The molecule has 0 saturated carbocycles. The lowest BCUT2D eigenvalue weighted by molar-refractivity contribution is -0.143. The van der Waals surface area contributed by atoms with Crippen molar-refractivity contribution in [3.63, 3.8) is 0 Å². The Bertz CT molecular complexity index is 5160. The molecule has 0 aliphatic rings. The normalized spacial score (nSPS) is 13.7. The van der Waals surface area contributed by atoms with Crippen molar-refractivity contribution in [2.45, 2.75) is 205 Å². The van der Waals surface area contributed by atoms with Gasteiger partial charge in [0.2, 0.25) is 70.9 Å². The summed E-state index contributed by atoms with van der Waals surface area (Å²) in [7, 11) is 0. The number of tetrazole rings is 1. The van der Waals surface area contributed by atoms with Crippen molar-refractivity contribution >= 4 is 76.9 Å². The summed E-state index contributed by atoms with van der Waals surface area (Å²) in [6, 6.07) is 12.0. The topological polar surface area (TPSA) is 684 Å². The van der Waals surface area contributed by atoms with Crippen LogP contribution in [0.1, 0.15) is 132 Å². The number of carbonyl (C=O) groups excluding carboxylic acids is 12. The highest BCUT2D eigenvalue weighted by atomic mass is 19.1. The van der Waals surface area contributed by atoms with Gasteiger partial charge in [0.25, 0.3) is 0 Å². The third kappa shape index (κ3) is 43.2. The van der Waals surface area contributed by atoms with Crippen LogP contribution < -0.4 is 74.7 Å². The molecule has 0 saturated heterocycles. The van der Waals surface area contributed by atoms with Gasteiger partial charge in [0.15, 0.2) is 5.82 Å². The number of rotatable bonds is 74. The van der Waals surface area contributed by atoms with Crippen molar-refractivity contribution in [1.29, 1.82) is 0 Å². The Hall–Kier alpha value is -13.3. The highest BCUT2D eigenvalue weighted by Crippen LogP contribution is 2.30. The molecule has 21 N–H and O–H groups in total. The quantitative estimate of drug-likeness (QED) is 0.0143. The predicted octanol–water partition coefficient (Wildman–Crippen LogP) is -2.11. The molecule has 10 atom stereocenters. The molecule has 0 fully saturated rings. The van der Waals surface area contributed by atoms with Gasteiger partial charge in [-0.25, -0.2) is 9.37 Å². The van der Waals surface area contributed by atoms with Crippen LogP contribution in [-0.2, 0) is 158 Å². The molecule has 7 rings (SSSR count). The number of aliphatic hydroxyl groups excluding tert-OH is 3. The van der Waals surface area contributed by atoms with Crippen molar-refractivity contribution in [1.82, 2.24) is 104 Å². The second-order valence-corrected chi connectivity index (χ2v) is 34.5. The van der Waals surface area contributed by atoms with E-state index in [4.69, 9.17) is 54.1 Å². The fraction of sp³-hybridized carbons (Fsp3) is 0.552. The third-order valence-corrected chi connectivity index (χ3v) is 22.6. The van der Waals surface area contributed by atoms with Gasteiger partial charge < -0.3 is 138 Å². The minimum Gasteiger partial charge on any atom is -0.494 e. The average Bonchev–Trinajstić information content (AvgIpc) is 1.09. The van der Waals surface area contributed by atoms with Gasteiger partial charge in [0.1, 0.15) is 70.5 Å². The summed E-state index contributed by atoms with van der Waals surface area (Å²) in [5.41, 5.74) is 12.9. The van der Waals surface area contributed by atoms with Gasteiger partial charge in [0, 0.05) is 70.2 Å². The van der Waals surface area contributed by atoms with Gasteiger partial charge in [-0.1, -0.05) is 97.1 Å². The molecular formula is C96H139FN22O26. The Kier molecular flexibility index (Phi) is 52.7. The molecule has 3 aromatic heterocycles. The average molecular weight is 2040 g/mol. The minimum absolute atomic E-state index is 0.00339. The predicted molar refractivity (Wildman–Crippen MR) is 518 cm³/mol. The van der Waals surface area contributed by atoms with Crippen molar-refractivity contribution in [2.75, 3.05) is 132 Å². The lowest BCUT2D eigenvalue weighted by Gasteiger charge is -2.34. The van der Waals surface area contributed by atoms with E-state index in [1.807, 2.05) is 55.6 Å². The summed E-state index contributed by atoms with van der Waals surface area (Å²) in [4.78, 5) is 186. The molecule has 796 valence electrons. The number of unbranched alkanes of at least 4 members (excludes halogenated alkanes) is 1. The van der Waals surface area contributed by atoms with Gasteiger partial charge in [-0.2, -0.15) is 5.21 Å². The molecule has 7 aromatic rings. The summed E-state index contributed by atoms with van der Waals surface area (Å²) in [5, 5.41) is 91.6. The van der Waals surface area contributed by atoms with Crippen molar-refractivity contribution < 1.29 is 130 Å². The van der Waals surface area contributed by atoms with Crippen molar-refractivity contribution in [3.05, 3.63) is 161 Å². The fourth-order valence-electron chi connectivity index (χ4n) is 14.2. The van der Waals surface area contributed by atoms with E-state index in [9.17, 15) is 82.8 Å². The van der Waals surface area contributed by atoms with E-state index < -0.39 is 175 Å². The molecule has 0 radical (unpaired) electrons. The Balaban J connectivity index is 0.948. The summed E-state index contributed by atoms with van der Waals surface area (Å²) in [5.74, 6) is -14.7. The zero-order valence-electron chi connectivity index (χ0n) is 82.8. The van der Waals surface area contributed by atoms with E-state index in [1.54, 1.807) is 42.1 Å². The standard InChI is InChI=1S/C96H139FN22O26/c1-8-66-50-71(145-33-13-12-32-119-57-70(113-118-119)59-144-48-47-143-46-45-142-44-43-141-42-41-140-40-39-139-38-37-138-36-35-137-34-30-98)27-28-72(66)67-25-23-64(24-26-67)49-75(87(129)105-74(85(99)127)18-14-15-63-19-21-65(22-20-63)54-102-80(123)9-2)106-88(130)77(52-82(125)126)107-89(131)78(58-120)108-90(132)83(61(3)121)111-94(136)96(7,53-68-16-10-11-17-73(68)97)112-91(133)84(62(4)122)110-81(124)56-103-86(128)76(51-79-114-116-117-115-79)109-93(135)95(5,6)92(134)101-31-29-69-55-100-60-104-69/h10-11,16-17,19-28,50,55,57,60-62,74-78,83-84,120-122H,8-9,12-15,18,29-49,51-54,56,58-59,98H2,1-7H3,(H2,99,127)(H,100,104)(H,101,134)(H,102,123)(H,103,128)(H,105,129)(H,106,130)(H,107,131)(H,108,132)(H,109,135)(H,110,124)(H,111,136)(H,112,133)(H,125,126)(H,114,115,116,117)/t61-,62-,74+,75+,76+,77+,78+,83+,84+,96?/m1/s1. The maximum absolute atomic E-state index is 15.6. The Morgan fingerprint density at radius 2 is 1.13 bits per heavy atom. The molecule has 0 aliphatic heterocycles. The number of carbonyl (C=O) groups is 13. The van der Waals surface area contributed by atoms with E-state index in [1.165, 1.54) is 38.4 Å². The number of ether oxygens (including phenoxy) is 9. The van der Waals surface area contributed by atoms with Crippen LogP contribution in [0.5, 0.6) is 5.75 Å². The number of H-pyrrole nitrogens is 2. The number of aromatic nitrogens is 9. The van der Waals surface area contributed by atoms with Gasteiger partial charge >= 0.3 is 5.97 Å². The number of carboxylic acids is 1. The maximum atomic E-state index is 15.6. The first kappa shape index (κ1) is 119. The summed E-state index contributed by atoms with van der Waals surface area (Å²) in [6.07, 6.45) is 1.82. The molecule has 49 heteroatoms. The molecule has 3 heterocycles. The zero-order chi connectivity index (χ0) is 105. The molecule has 145 heavy (non-hydrogen) atoms. The minimum atomic E-state index is -2.43. The van der Waals surface area contributed by atoms with Crippen LogP contribution in [0.2, 0.25) is 0 Å². The van der Waals surface area contributed by atoms with E-state index in [2.05, 4.69) is 99.4 Å². The Morgan fingerprint density at radius 1 is 0.552 bits per heavy atom. The summed E-state index contributed by atoms with van der Waals surface area (Å²) >= 11 is 0. The largest absolute Gasteiger partial charge is 0.494 e. The van der Waals surface area contributed by atoms with Crippen LogP contribution in [0, 0.1) is 11.2 Å². The van der Waals surface area contributed by atoms with Crippen molar-refractivity contribution in [2.24, 2.45) is 16.9 Å². The number of nitrogens with one attached hydrogen (secondary N) is 13. The number of aliphatic hydroxyl groups is 3. The number of aryl methyl sites for hydroxylation is 3. The van der Waals surface area contributed by atoms with E-state index in [0.29, 0.717) is 187 Å². The number of hydrogen-bond donors (Lipinski definition) is 19. The molecule has 12 amide bonds. The number of aromatic amines is 2. The van der Waals surface area contributed by atoms with Crippen LogP contribution in [0.25, 0.3) is 11.1 Å². The number of carboxylic acid groups (broad SMARTS) is 1. The maximum Gasteiger partial charge on any atom is 0.305 e. The van der Waals surface area contributed by atoms with E-state index >= 15 is 4.39 Å². The smallest absolute Gasteiger partial charge is 0.305 e. The monoisotopic (exact) mass is 2040 g/mol. The zero-order valence-corrected chi connectivity index (χ0v) is 82.8. The Labute approximate surface area is 838 Å². The summed E-state index contributed by atoms with van der Waals surface area (Å²) in [6.45, 7) is 16.0. The van der Waals surface area contributed by atoms with Gasteiger partial charge in [-0.3, -0.25) is 67.0 Å².